The summed E-state index contributed by atoms with van der Waals surface area (Å²) in [5.74, 6) is -0.209. The van der Waals surface area contributed by atoms with Crippen LogP contribution < -0.4 is 9.62 Å². The molecule has 0 unspecified atom stereocenters. The minimum atomic E-state index is -3.26. The van der Waals surface area contributed by atoms with Crippen LogP contribution in [0.1, 0.15) is 22.3 Å². The summed E-state index contributed by atoms with van der Waals surface area (Å²) in [5, 5.41) is 11.4. The van der Waals surface area contributed by atoms with E-state index < -0.39 is 10.0 Å². The summed E-state index contributed by atoms with van der Waals surface area (Å²) in [6.45, 7) is 0.874. The quantitative estimate of drug-likeness (QED) is 0.756. The number of nitrogens with zero attached hydrogens (tertiary/aromatic N) is 1. The lowest BCUT2D eigenvalue weighted by Crippen LogP contribution is -2.27. The Bertz CT molecular complexity index is 613. The number of hydrogen-bond acceptors (Lipinski definition) is 4. The van der Waals surface area contributed by atoms with E-state index in [-0.39, 0.29) is 12.5 Å². The van der Waals surface area contributed by atoms with E-state index >= 15 is 0 Å². The minimum Gasteiger partial charge on any atom is -0.396 e. The molecule has 110 valence electrons. The Morgan fingerprint density at radius 3 is 2.85 bits per heavy atom. The number of amides is 1. The van der Waals surface area contributed by atoms with Crippen molar-refractivity contribution in [2.24, 2.45) is 0 Å². The van der Waals surface area contributed by atoms with Gasteiger partial charge in [0.15, 0.2) is 0 Å². The van der Waals surface area contributed by atoms with Crippen molar-refractivity contribution in [2.45, 2.75) is 12.8 Å². The van der Waals surface area contributed by atoms with Crippen LogP contribution in [0.5, 0.6) is 0 Å². The molecule has 0 aliphatic carbocycles. The molecule has 1 aromatic rings. The normalized spacial score (nSPS) is 14.2. The van der Waals surface area contributed by atoms with Crippen LogP contribution in [0.25, 0.3) is 0 Å². The van der Waals surface area contributed by atoms with Gasteiger partial charge in [0.25, 0.3) is 5.91 Å². The monoisotopic (exact) mass is 298 g/mol. The number of nitrogens with one attached hydrogen (secondary N) is 1. The first-order valence-electron chi connectivity index (χ1n) is 6.43. The molecule has 0 bridgehead atoms. The number of rotatable bonds is 5. The summed E-state index contributed by atoms with van der Waals surface area (Å²) in [6, 6.07) is 5.02. The third kappa shape index (κ3) is 3.10. The number of benzene rings is 1. The van der Waals surface area contributed by atoms with Crippen molar-refractivity contribution in [3.05, 3.63) is 29.3 Å². The smallest absolute Gasteiger partial charge is 0.251 e. The van der Waals surface area contributed by atoms with E-state index in [0.29, 0.717) is 37.2 Å². The van der Waals surface area contributed by atoms with E-state index in [1.807, 2.05) is 0 Å². The molecule has 0 fully saturated rings. The average molecular weight is 298 g/mol. The molecule has 20 heavy (non-hydrogen) atoms. The van der Waals surface area contributed by atoms with Crippen molar-refractivity contribution < 1.29 is 18.3 Å². The summed E-state index contributed by atoms with van der Waals surface area (Å²) < 4.78 is 24.6. The Labute approximate surface area is 118 Å². The second-order valence-corrected chi connectivity index (χ2v) is 6.67. The number of hydrogen-bond donors (Lipinski definition) is 2. The van der Waals surface area contributed by atoms with Gasteiger partial charge in [-0.05, 0) is 36.6 Å². The van der Waals surface area contributed by atoms with Crippen LogP contribution >= 0.6 is 0 Å². The highest BCUT2D eigenvalue weighted by Gasteiger charge is 2.26. The Morgan fingerprint density at radius 2 is 2.20 bits per heavy atom. The summed E-state index contributed by atoms with van der Waals surface area (Å²) in [6.07, 6.45) is 2.30. The van der Waals surface area contributed by atoms with Crippen LogP contribution in [0.2, 0.25) is 0 Å². The van der Waals surface area contributed by atoms with Crippen molar-refractivity contribution in [3.8, 4) is 0 Å². The van der Waals surface area contributed by atoms with Gasteiger partial charge in [-0.3, -0.25) is 9.10 Å². The molecule has 0 atom stereocenters. The molecule has 0 saturated carbocycles. The van der Waals surface area contributed by atoms with Crippen LogP contribution in [-0.2, 0) is 16.4 Å². The number of fused-ring (bicyclic) bond motifs is 1. The maximum absolute atomic E-state index is 11.9. The van der Waals surface area contributed by atoms with Gasteiger partial charge >= 0.3 is 0 Å². The van der Waals surface area contributed by atoms with Crippen LogP contribution in [0.15, 0.2) is 18.2 Å². The lowest BCUT2D eigenvalue weighted by Gasteiger charge is -2.16. The Morgan fingerprint density at radius 1 is 1.45 bits per heavy atom. The first-order valence-corrected chi connectivity index (χ1v) is 8.28. The molecule has 0 saturated heterocycles. The predicted molar refractivity (Wildman–Crippen MR) is 76.4 cm³/mol. The fourth-order valence-electron chi connectivity index (χ4n) is 2.24. The number of carbonyl (C=O) groups excluding carboxylic acids is 1. The zero-order chi connectivity index (χ0) is 14.8. The maximum atomic E-state index is 11.9. The second kappa shape index (κ2) is 5.80. The van der Waals surface area contributed by atoms with Gasteiger partial charge in [-0.25, -0.2) is 8.42 Å². The van der Waals surface area contributed by atoms with Gasteiger partial charge in [0.05, 0.1) is 11.9 Å². The third-order valence-electron chi connectivity index (χ3n) is 3.22. The zero-order valence-electron chi connectivity index (χ0n) is 11.3. The van der Waals surface area contributed by atoms with Crippen molar-refractivity contribution in [1.82, 2.24) is 5.32 Å². The predicted octanol–water partition coefficient (Wildman–Crippen LogP) is 0.121. The average Bonchev–Trinajstić information content (AvgIpc) is 2.81. The molecule has 1 heterocycles. The van der Waals surface area contributed by atoms with Gasteiger partial charge < -0.3 is 10.4 Å². The van der Waals surface area contributed by atoms with E-state index in [1.165, 1.54) is 10.6 Å². The van der Waals surface area contributed by atoms with E-state index in [9.17, 15) is 13.2 Å². The van der Waals surface area contributed by atoms with Gasteiger partial charge in [0.1, 0.15) is 0 Å². The molecule has 7 heteroatoms. The molecular formula is C13H18N2O4S. The first kappa shape index (κ1) is 14.8. The Balaban J connectivity index is 2.16. The van der Waals surface area contributed by atoms with E-state index in [0.717, 1.165) is 5.56 Å². The number of sulfonamides is 1. The summed E-state index contributed by atoms with van der Waals surface area (Å²) in [7, 11) is -3.26. The summed E-state index contributed by atoms with van der Waals surface area (Å²) in [4.78, 5) is 11.9. The number of aliphatic hydroxyl groups is 1. The van der Waals surface area contributed by atoms with Crippen molar-refractivity contribution >= 4 is 21.6 Å². The van der Waals surface area contributed by atoms with Crippen LogP contribution in [0.4, 0.5) is 5.69 Å². The molecule has 0 spiro atoms. The highest BCUT2D eigenvalue weighted by atomic mass is 32.2. The number of aliphatic hydroxyl groups excluding tert-OH is 1. The number of carbonyl (C=O) groups is 1. The molecule has 1 aliphatic heterocycles. The van der Waals surface area contributed by atoms with E-state index in [4.69, 9.17) is 5.11 Å². The maximum Gasteiger partial charge on any atom is 0.251 e. The summed E-state index contributed by atoms with van der Waals surface area (Å²) in [5.41, 5.74) is 2.03. The highest BCUT2D eigenvalue weighted by Crippen LogP contribution is 2.30. The Kier molecular flexibility index (Phi) is 4.29. The fraction of sp³-hybridized carbons (Fsp3) is 0.462. The molecule has 1 aromatic carbocycles. The van der Waals surface area contributed by atoms with Gasteiger partial charge in [0.2, 0.25) is 10.0 Å². The topological polar surface area (TPSA) is 86.7 Å². The SMILES string of the molecule is CS(=O)(=O)N1CCc2cc(C(=O)NCCCO)ccc21. The largest absolute Gasteiger partial charge is 0.396 e. The van der Waals surface area contributed by atoms with E-state index in [2.05, 4.69) is 5.32 Å². The molecule has 2 rings (SSSR count). The molecular weight excluding hydrogens is 280 g/mol. The van der Waals surface area contributed by atoms with Gasteiger partial charge in [-0.1, -0.05) is 0 Å². The van der Waals surface area contributed by atoms with Gasteiger partial charge in [0, 0.05) is 25.3 Å². The lowest BCUT2D eigenvalue weighted by atomic mass is 10.1. The highest BCUT2D eigenvalue weighted by molar-refractivity contribution is 7.92. The van der Waals surface area contributed by atoms with Crippen LogP contribution in [0, 0.1) is 0 Å². The van der Waals surface area contributed by atoms with Crippen molar-refractivity contribution in [1.29, 1.82) is 0 Å². The molecule has 1 aliphatic rings. The van der Waals surface area contributed by atoms with Crippen molar-refractivity contribution in [2.75, 3.05) is 30.3 Å². The zero-order valence-corrected chi connectivity index (χ0v) is 12.1. The van der Waals surface area contributed by atoms with Crippen LogP contribution in [0.3, 0.4) is 0 Å². The molecule has 0 radical (unpaired) electrons. The molecule has 6 nitrogen and oxygen atoms in total. The lowest BCUT2D eigenvalue weighted by molar-refractivity contribution is 0.0951. The second-order valence-electron chi connectivity index (χ2n) is 4.76. The molecule has 1 amide bonds. The summed E-state index contributed by atoms with van der Waals surface area (Å²) >= 11 is 0. The van der Waals surface area contributed by atoms with Crippen molar-refractivity contribution in [3.63, 3.8) is 0 Å². The fourth-order valence-corrected chi connectivity index (χ4v) is 3.20. The van der Waals surface area contributed by atoms with Crippen LogP contribution in [-0.4, -0.2) is 45.4 Å². The minimum absolute atomic E-state index is 0.0355. The van der Waals surface area contributed by atoms with Gasteiger partial charge in [-0.2, -0.15) is 0 Å². The third-order valence-corrected chi connectivity index (χ3v) is 4.40. The standard InChI is InChI=1S/C13H18N2O4S/c1-20(18,19)15-7-5-10-9-11(3-4-12(10)15)13(17)14-6-2-8-16/h3-4,9,16H,2,5-8H2,1H3,(H,14,17). The molecule has 2 N–H and O–H groups in total. The molecule has 0 aromatic heterocycles. The number of anilines is 1. The van der Waals surface area contributed by atoms with Gasteiger partial charge in [-0.15, -0.1) is 0 Å². The van der Waals surface area contributed by atoms with E-state index in [1.54, 1.807) is 18.2 Å². The Hall–Kier alpha value is -1.60. The first-order chi connectivity index (χ1) is 9.43.